The summed E-state index contributed by atoms with van der Waals surface area (Å²) in [6.07, 6.45) is 2.60. The van der Waals surface area contributed by atoms with Gasteiger partial charge in [0.25, 0.3) is 0 Å². The molecule has 1 saturated carbocycles. The number of aryl methyl sites for hydroxylation is 1. The van der Waals surface area contributed by atoms with Crippen LogP contribution in [0.25, 0.3) is 0 Å². The van der Waals surface area contributed by atoms with E-state index in [1.54, 1.807) is 12.1 Å². The first-order chi connectivity index (χ1) is 7.13. The number of fused-ring (bicyclic) bond motifs is 2. The molecule has 0 aromatic heterocycles. The molecule has 0 radical (unpaired) electrons. The summed E-state index contributed by atoms with van der Waals surface area (Å²) in [6.45, 7) is 0. The average molecular weight is 204 g/mol. The standard InChI is InChI=1S/C12H12O3/c13-8-2-1-7-3-4-12(9(7)5-8)6-10(12)11(14)15/h1-2,5,10,13H,3-4,6H2,(H,14,15)/t10-,12-/m0/s1. The van der Waals surface area contributed by atoms with Crippen molar-refractivity contribution in [3.8, 4) is 5.75 Å². The first kappa shape index (κ1) is 8.77. The Balaban J connectivity index is 2.06. The van der Waals surface area contributed by atoms with Gasteiger partial charge in [-0.05, 0) is 42.5 Å². The smallest absolute Gasteiger partial charge is 0.307 e. The van der Waals surface area contributed by atoms with E-state index in [0.29, 0.717) is 0 Å². The zero-order valence-corrected chi connectivity index (χ0v) is 8.23. The molecule has 0 unspecified atom stereocenters. The molecule has 1 aromatic rings. The Morgan fingerprint density at radius 2 is 2.27 bits per heavy atom. The normalized spacial score (nSPS) is 31.6. The number of carboxylic acids is 1. The van der Waals surface area contributed by atoms with Crippen LogP contribution >= 0.6 is 0 Å². The van der Waals surface area contributed by atoms with Crippen LogP contribution in [-0.4, -0.2) is 16.2 Å². The molecule has 3 heteroatoms. The SMILES string of the molecule is O=C(O)[C@@H]1C[C@]12CCc1ccc(O)cc12. The molecule has 0 bridgehead atoms. The molecule has 15 heavy (non-hydrogen) atoms. The number of phenolic OH excluding ortho intramolecular Hbond substituents is 1. The molecule has 0 amide bonds. The first-order valence-electron chi connectivity index (χ1n) is 5.19. The quantitative estimate of drug-likeness (QED) is 0.731. The molecular weight excluding hydrogens is 192 g/mol. The van der Waals surface area contributed by atoms with Crippen LogP contribution in [0, 0.1) is 5.92 Å². The van der Waals surface area contributed by atoms with Gasteiger partial charge in [0.15, 0.2) is 0 Å². The maximum atomic E-state index is 11.0. The zero-order chi connectivity index (χ0) is 10.6. The number of hydrogen-bond acceptors (Lipinski definition) is 2. The Kier molecular flexibility index (Phi) is 1.48. The first-order valence-corrected chi connectivity index (χ1v) is 5.19. The number of carboxylic acid groups (broad SMARTS) is 1. The molecular formula is C12H12O3. The fraction of sp³-hybridized carbons (Fsp3) is 0.417. The maximum absolute atomic E-state index is 11.0. The molecule has 3 rings (SSSR count). The second-order valence-electron chi connectivity index (χ2n) is 4.59. The van der Waals surface area contributed by atoms with E-state index in [-0.39, 0.29) is 17.1 Å². The fourth-order valence-electron chi connectivity index (χ4n) is 2.94. The van der Waals surface area contributed by atoms with Crippen molar-refractivity contribution in [3.63, 3.8) is 0 Å². The van der Waals surface area contributed by atoms with Gasteiger partial charge in [0.1, 0.15) is 5.75 Å². The Morgan fingerprint density at radius 3 is 2.93 bits per heavy atom. The highest BCUT2D eigenvalue weighted by molar-refractivity contribution is 5.78. The molecule has 0 heterocycles. The molecule has 2 N–H and O–H groups in total. The van der Waals surface area contributed by atoms with E-state index < -0.39 is 5.97 Å². The van der Waals surface area contributed by atoms with Crippen LogP contribution in [0.2, 0.25) is 0 Å². The van der Waals surface area contributed by atoms with Gasteiger partial charge in [0.2, 0.25) is 0 Å². The van der Waals surface area contributed by atoms with Crippen LogP contribution < -0.4 is 0 Å². The molecule has 2 atom stereocenters. The molecule has 2 aliphatic rings. The topological polar surface area (TPSA) is 57.5 Å². The van der Waals surface area contributed by atoms with Crippen molar-refractivity contribution in [2.75, 3.05) is 0 Å². The molecule has 1 spiro atoms. The van der Waals surface area contributed by atoms with Gasteiger partial charge in [-0.15, -0.1) is 0 Å². The minimum Gasteiger partial charge on any atom is -0.508 e. The average Bonchev–Trinajstić information content (AvgIpc) is 2.81. The number of hydrogen-bond donors (Lipinski definition) is 2. The third-order valence-electron chi connectivity index (χ3n) is 3.84. The third kappa shape index (κ3) is 1.03. The molecule has 1 aromatic carbocycles. The van der Waals surface area contributed by atoms with Crippen molar-refractivity contribution in [2.24, 2.45) is 5.92 Å². The Labute approximate surface area is 87.4 Å². The lowest BCUT2D eigenvalue weighted by molar-refractivity contribution is -0.139. The predicted molar refractivity (Wildman–Crippen MR) is 53.8 cm³/mol. The molecule has 1 fully saturated rings. The highest BCUT2D eigenvalue weighted by Crippen LogP contribution is 2.61. The van der Waals surface area contributed by atoms with Gasteiger partial charge >= 0.3 is 5.97 Å². The van der Waals surface area contributed by atoms with Crippen molar-refractivity contribution in [1.29, 1.82) is 0 Å². The molecule has 0 saturated heterocycles. The van der Waals surface area contributed by atoms with Crippen LogP contribution in [0.15, 0.2) is 18.2 Å². The molecule has 78 valence electrons. The van der Waals surface area contributed by atoms with Gasteiger partial charge in [0, 0.05) is 5.41 Å². The van der Waals surface area contributed by atoms with Gasteiger partial charge in [-0.25, -0.2) is 0 Å². The summed E-state index contributed by atoms with van der Waals surface area (Å²) in [5.74, 6) is -0.696. The van der Waals surface area contributed by atoms with Gasteiger partial charge in [-0.1, -0.05) is 6.07 Å². The highest BCUT2D eigenvalue weighted by atomic mass is 16.4. The number of rotatable bonds is 1. The lowest BCUT2D eigenvalue weighted by Crippen LogP contribution is -2.11. The van der Waals surface area contributed by atoms with Crippen molar-refractivity contribution in [2.45, 2.75) is 24.7 Å². The van der Waals surface area contributed by atoms with E-state index >= 15 is 0 Å². The lowest BCUT2D eigenvalue weighted by atomic mass is 9.95. The van der Waals surface area contributed by atoms with E-state index in [9.17, 15) is 9.90 Å². The second-order valence-corrected chi connectivity index (χ2v) is 4.59. The largest absolute Gasteiger partial charge is 0.508 e. The van der Waals surface area contributed by atoms with Crippen molar-refractivity contribution >= 4 is 5.97 Å². The van der Waals surface area contributed by atoms with E-state index in [0.717, 1.165) is 24.8 Å². The Morgan fingerprint density at radius 1 is 1.47 bits per heavy atom. The minimum atomic E-state index is -0.703. The number of carbonyl (C=O) groups is 1. The Hall–Kier alpha value is -1.51. The highest BCUT2D eigenvalue weighted by Gasteiger charge is 2.61. The van der Waals surface area contributed by atoms with E-state index in [4.69, 9.17) is 5.11 Å². The summed E-state index contributed by atoms with van der Waals surface area (Å²) in [6, 6.07) is 5.33. The number of aliphatic carboxylic acids is 1. The molecule has 2 aliphatic carbocycles. The summed E-state index contributed by atoms with van der Waals surface area (Å²) in [7, 11) is 0. The zero-order valence-electron chi connectivity index (χ0n) is 8.23. The van der Waals surface area contributed by atoms with Gasteiger partial charge in [0.05, 0.1) is 5.92 Å². The minimum absolute atomic E-state index is 0.153. The fourth-order valence-corrected chi connectivity index (χ4v) is 2.94. The van der Waals surface area contributed by atoms with E-state index in [2.05, 4.69) is 0 Å². The Bertz CT molecular complexity index is 452. The van der Waals surface area contributed by atoms with Crippen LogP contribution in [-0.2, 0) is 16.6 Å². The molecule has 0 aliphatic heterocycles. The van der Waals surface area contributed by atoms with Crippen molar-refractivity contribution in [1.82, 2.24) is 0 Å². The summed E-state index contributed by atoms with van der Waals surface area (Å²) in [5, 5.41) is 18.4. The summed E-state index contributed by atoms with van der Waals surface area (Å²) < 4.78 is 0. The van der Waals surface area contributed by atoms with Gasteiger partial charge in [-0.2, -0.15) is 0 Å². The maximum Gasteiger partial charge on any atom is 0.307 e. The summed E-state index contributed by atoms with van der Waals surface area (Å²) in [5.41, 5.74) is 2.12. The summed E-state index contributed by atoms with van der Waals surface area (Å²) in [4.78, 5) is 11.0. The number of phenols is 1. The number of aromatic hydroxyl groups is 1. The monoisotopic (exact) mass is 204 g/mol. The van der Waals surface area contributed by atoms with Gasteiger partial charge < -0.3 is 10.2 Å². The molecule has 3 nitrogen and oxygen atoms in total. The summed E-state index contributed by atoms with van der Waals surface area (Å²) >= 11 is 0. The van der Waals surface area contributed by atoms with Crippen LogP contribution in [0.3, 0.4) is 0 Å². The lowest BCUT2D eigenvalue weighted by Gasteiger charge is -2.09. The predicted octanol–water partition coefficient (Wildman–Crippen LogP) is 1.68. The van der Waals surface area contributed by atoms with Crippen LogP contribution in [0.1, 0.15) is 24.0 Å². The number of benzene rings is 1. The van der Waals surface area contributed by atoms with Crippen LogP contribution in [0.4, 0.5) is 0 Å². The second kappa shape index (κ2) is 2.54. The van der Waals surface area contributed by atoms with E-state index in [1.807, 2.05) is 6.07 Å². The van der Waals surface area contributed by atoms with Gasteiger partial charge in [-0.3, -0.25) is 4.79 Å². The van der Waals surface area contributed by atoms with Crippen molar-refractivity contribution in [3.05, 3.63) is 29.3 Å². The van der Waals surface area contributed by atoms with Crippen LogP contribution in [0.5, 0.6) is 5.75 Å². The van der Waals surface area contributed by atoms with E-state index in [1.165, 1.54) is 5.56 Å². The third-order valence-corrected chi connectivity index (χ3v) is 3.84. The van der Waals surface area contributed by atoms with Crippen molar-refractivity contribution < 1.29 is 15.0 Å².